The van der Waals surface area contributed by atoms with Crippen LogP contribution in [-0.2, 0) is 5.41 Å². The molecule has 2 aliphatic rings. The number of benzene rings is 3. The molecule has 0 saturated heterocycles. The quantitative estimate of drug-likeness (QED) is 0.609. The fourth-order valence-corrected chi connectivity index (χ4v) is 4.49. The second kappa shape index (κ2) is 5.26. The predicted octanol–water partition coefficient (Wildman–Crippen LogP) is 5.07. The predicted molar refractivity (Wildman–Crippen MR) is 110 cm³/mol. The molecular weight excluding hydrogens is 336 g/mol. The van der Waals surface area contributed by atoms with Gasteiger partial charge in [0.15, 0.2) is 0 Å². The van der Waals surface area contributed by atoms with Gasteiger partial charge in [0, 0.05) is 18.1 Å². The highest BCUT2D eigenvalue weighted by molar-refractivity contribution is 6.00. The third kappa shape index (κ3) is 1.95. The Bertz CT molecular complexity index is 1100. The molecule has 3 aromatic rings. The van der Waals surface area contributed by atoms with E-state index in [4.69, 9.17) is 14.5 Å². The van der Waals surface area contributed by atoms with E-state index in [2.05, 4.69) is 56.1 Å². The number of methoxy groups -OCH3 is 1. The number of hydrogen-bond donors (Lipinski definition) is 0. The van der Waals surface area contributed by atoms with Gasteiger partial charge in [0.25, 0.3) is 0 Å². The summed E-state index contributed by atoms with van der Waals surface area (Å²) in [7, 11) is 3.76. The van der Waals surface area contributed by atoms with Crippen LogP contribution >= 0.6 is 0 Å². The van der Waals surface area contributed by atoms with Crippen LogP contribution in [0.3, 0.4) is 0 Å². The molecule has 1 spiro atoms. The molecule has 2 heterocycles. The molecule has 0 aliphatic carbocycles. The summed E-state index contributed by atoms with van der Waals surface area (Å²) in [4.78, 5) is 7.11. The lowest BCUT2D eigenvalue weighted by atomic mass is 9.77. The van der Waals surface area contributed by atoms with E-state index in [1.165, 1.54) is 11.3 Å². The molecule has 0 N–H and O–H groups in total. The number of para-hydroxylation sites is 1. The summed E-state index contributed by atoms with van der Waals surface area (Å²) in [5, 5.41) is 2.16. The maximum Gasteiger partial charge on any atom is 0.228 e. The van der Waals surface area contributed by atoms with Gasteiger partial charge in [-0.25, -0.2) is 0 Å². The van der Waals surface area contributed by atoms with Gasteiger partial charge >= 0.3 is 0 Å². The van der Waals surface area contributed by atoms with E-state index >= 15 is 0 Å². The summed E-state index contributed by atoms with van der Waals surface area (Å²) >= 11 is 0. The number of nitrogens with zero attached hydrogens (tertiary/aromatic N) is 2. The van der Waals surface area contributed by atoms with Gasteiger partial charge in [-0.2, -0.15) is 0 Å². The Morgan fingerprint density at radius 3 is 2.63 bits per heavy atom. The van der Waals surface area contributed by atoms with E-state index < -0.39 is 5.72 Å². The smallest absolute Gasteiger partial charge is 0.228 e. The molecule has 0 radical (unpaired) electrons. The molecule has 27 heavy (non-hydrogen) atoms. The molecule has 4 heteroatoms. The summed E-state index contributed by atoms with van der Waals surface area (Å²) in [5.41, 5.74) is 2.44. The van der Waals surface area contributed by atoms with E-state index in [1.807, 2.05) is 30.5 Å². The zero-order valence-electron chi connectivity index (χ0n) is 16.0. The minimum Gasteiger partial charge on any atom is -0.497 e. The largest absolute Gasteiger partial charge is 0.497 e. The third-order valence-corrected chi connectivity index (χ3v) is 6.13. The van der Waals surface area contributed by atoms with Crippen molar-refractivity contribution in [3.63, 3.8) is 0 Å². The monoisotopic (exact) mass is 358 g/mol. The van der Waals surface area contributed by atoms with Crippen molar-refractivity contribution >= 4 is 28.4 Å². The third-order valence-electron chi connectivity index (χ3n) is 6.13. The summed E-state index contributed by atoms with van der Waals surface area (Å²) in [6.45, 7) is 4.44. The number of likely N-dealkylation sites (N-methyl/N-ethyl adjacent to an activating group) is 1. The fraction of sp³-hybridized carbons (Fsp3) is 0.261. The first-order chi connectivity index (χ1) is 13.0. The van der Waals surface area contributed by atoms with Crippen LogP contribution in [0.5, 0.6) is 11.5 Å². The second-order valence-corrected chi connectivity index (χ2v) is 7.76. The Morgan fingerprint density at radius 2 is 1.85 bits per heavy atom. The Morgan fingerprint density at radius 1 is 1.04 bits per heavy atom. The molecule has 4 nitrogen and oxygen atoms in total. The molecule has 2 aliphatic heterocycles. The number of aliphatic imine (C=N–C) groups is 1. The number of fused-ring (bicyclic) bond motifs is 4. The SMILES string of the molecule is COc1ccc2c3c(ccc2c1)O[C@@]1(C=N3)N(C)c2ccccc2C1(C)C. The molecule has 0 fully saturated rings. The maximum absolute atomic E-state index is 6.70. The van der Waals surface area contributed by atoms with Gasteiger partial charge < -0.3 is 14.4 Å². The van der Waals surface area contributed by atoms with E-state index in [9.17, 15) is 0 Å². The van der Waals surface area contributed by atoms with E-state index in [1.54, 1.807) is 7.11 Å². The molecule has 0 aromatic heterocycles. The Kier molecular flexibility index (Phi) is 3.15. The van der Waals surface area contributed by atoms with Gasteiger partial charge in [-0.05, 0) is 55.1 Å². The maximum atomic E-state index is 6.70. The highest BCUT2D eigenvalue weighted by Gasteiger charge is 2.58. The van der Waals surface area contributed by atoms with Gasteiger partial charge in [-0.3, -0.25) is 4.99 Å². The highest BCUT2D eigenvalue weighted by atomic mass is 16.5. The number of ether oxygens (including phenoxy) is 2. The van der Waals surface area contributed by atoms with E-state index in [0.29, 0.717) is 0 Å². The minimum absolute atomic E-state index is 0.242. The molecule has 136 valence electrons. The number of anilines is 1. The molecule has 0 amide bonds. The van der Waals surface area contributed by atoms with Crippen molar-refractivity contribution in [2.45, 2.75) is 25.0 Å². The molecule has 3 aromatic carbocycles. The van der Waals surface area contributed by atoms with Crippen molar-refractivity contribution in [3.8, 4) is 11.5 Å². The van der Waals surface area contributed by atoms with Gasteiger partial charge in [-0.15, -0.1) is 0 Å². The normalized spacial score (nSPS) is 21.9. The van der Waals surface area contributed by atoms with Crippen LogP contribution in [-0.4, -0.2) is 26.1 Å². The lowest BCUT2D eigenvalue weighted by molar-refractivity contribution is 0.0826. The van der Waals surface area contributed by atoms with Crippen LogP contribution in [0.1, 0.15) is 19.4 Å². The molecule has 0 saturated carbocycles. The van der Waals surface area contributed by atoms with Crippen LogP contribution in [0.4, 0.5) is 11.4 Å². The van der Waals surface area contributed by atoms with E-state index in [0.717, 1.165) is 28.0 Å². The number of rotatable bonds is 1. The fourth-order valence-electron chi connectivity index (χ4n) is 4.49. The molecule has 1 atom stereocenters. The van der Waals surface area contributed by atoms with Crippen LogP contribution < -0.4 is 14.4 Å². The van der Waals surface area contributed by atoms with Crippen molar-refractivity contribution in [3.05, 3.63) is 60.2 Å². The summed E-state index contributed by atoms with van der Waals surface area (Å²) in [5.74, 6) is 1.65. The second-order valence-electron chi connectivity index (χ2n) is 7.76. The molecule has 5 rings (SSSR count). The first-order valence-electron chi connectivity index (χ1n) is 9.16. The highest BCUT2D eigenvalue weighted by Crippen LogP contribution is 2.54. The van der Waals surface area contributed by atoms with Gasteiger partial charge in [0.1, 0.15) is 17.2 Å². The average Bonchev–Trinajstić information content (AvgIpc) is 2.86. The van der Waals surface area contributed by atoms with Crippen LogP contribution in [0, 0.1) is 0 Å². The summed E-state index contributed by atoms with van der Waals surface area (Å²) in [6, 6.07) is 18.6. The lowest BCUT2D eigenvalue weighted by Crippen LogP contribution is -2.61. The molecule has 0 bridgehead atoms. The van der Waals surface area contributed by atoms with Gasteiger partial charge in [-0.1, -0.05) is 24.3 Å². The van der Waals surface area contributed by atoms with Crippen molar-refractivity contribution in [1.29, 1.82) is 0 Å². The van der Waals surface area contributed by atoms with Crippen molar-refractivity contribution in [2.24, 2.45) is 4.99 Å². The average molecular weight is 358 g/mol. The molecular formula is C23H22N2O2. The van der Waals surface area contributed by atoms with E-state index in [-0.39, 0.29) is 5.41 Å². The first kappa shape index (κ1) is 16.2. The Hall–Kier alpha value is -3.01. The first-order valence-corrected chi connectivity index (χ1v) is 9.16. The lowest BCUT2D eigenvalue weighted by Gasteiger charge is -2.45. The van der Waals surface area contributed by atoms with Crippen LogP contribution in [0.25, 0.3) is 10.8 Å². The topological polar surface area (TPSA) is 34.1 Å². The van der Waals surface area contributed by atoms with Crippen molar-refractivity contribution in [1.82, 2.24) is 0 Å². The Labute approximate surface area is 159 Å². The van der Waals surface area contributed by atoms with Gasteiger partial charge in [0.05, 0.1) is 18.7 Å². The van der Waals surface area contributed by atoms with Crippen molar-refractivity contribution in [2.75, 3.05) is 19.1 Å². The van der Waals surface area contributed by atoms with Gasteiger partial charge in [0.2, 0.25) is 5.72 Å². The summed E-state index contributed by atoms with van der Waals surface area (Å²) in [6.07, 6.45) is 1.97. The standard InChI is InChI=1S/C23H22N2O2/c1-22(2)18-7-5-6-8-19(18)25(3)23(22)14-24-21-17-11-10-16(26-4)13-15(17)9-12-20(21)27-23/h5-14H,1-4H3/t23-/m1/s1. The Balaban J connectivity index is 1.67. The van der Waals surface area contributed by atoms with Crippen molar-refractivity contribution < 1.29 is 9.47 Å². The summed E-state index contributed by atoms with van der Waals surface area (Å²) < 4.78 is 12.0. The zero-order chi connectivity index (χ0) is 18.8. The zero-order valence-corrected chi connectivity index (χ0v) is 16.0. The number of hydrogen-bond acceptors (Lipinski definition) is 4. The van der Waals surface area contributed by atoms with Crippen LogP contribution in [0.15, 0.2) is 59.6 Å². The minimum atomic E-state index is -0.649. The molecule has 0 unspecified atom stereocenters. The van der Waals surface area contributed by atoms with Crippen LogP contribution in [0.2, 0.25) is 0 Å².